The van der Waals surface area contributed by atoms with Gasteiger partial charge in [0.2, 0.25) is 5.91 Å². The number of esters is 1. The minimum Gasteiger partial charge on any atom is -0.454 e. The van der Waals surface area contributed by atoms with Gasteiger partial charge < -0.3 is 45.1 Å². The van der Waals surface area contributed by atoms with E-state index in [0.717, 1.165) is 96.3 Å². The van der Waals surface area contributed by atoms with Crippen molar-refractivity contribution < 1.29 is 49.3 Å². The molecule has 0 aliphatic carbocycles. The fourth-order valence-electron chi connectivity index (χ4n) is 9.44. The minimum absolute atomic E-state index is 0.0143. The van der Waals surface area contributed by atoms with Crippen LogP contribution in [0.25, 0.3) is 0 Å². The molecular weight excluding hydrogens is 991 g/mol. The number of allylic oxidation sites excluding steroid dienone is 15. The average Bonchev–Trinajstić information content (AvgIpc) is 3.44. The summed E-state index contributed by atoms with van der Waals surface area (Å²) in [6.07, 6.45) is 63.3. The first-order valence-electron chi connectivity index (χ1n) is 32.0. The Labute approximate surface area is 482 Å². The monoisotopic (exact) mass is 1110 g/mol. The molecule has 6 N–H and O–H groups in total. The highest BCUT2D eigenvalue weighted by molar-refractivity contribution is 5.80. The van der Waals surface area contributed by atoms with Gasteiger partial charge >= 0.3 is 5.97 Å². The molecule has 79 heavy (non-hydrogen) atoms. The molecule has 11 heteroatoms. The van der Waals surface area contributed by atoms with Crippen LogP contribution >= 0.6 is 0 Å². The Bertz CT molecular complexity index is 1650. The SMILES string of the molecule is CC/C=C\C/C=C\C/C=C\C/C=C\C/C=C\CCCCCCCCCCCCC(O)C(=O)NC(COC1OC(CO)C(O)C(O)C1OC(=O)CC/C=C/C/C=C\CCCCCCCC)C(O)/C=C/CCCCCCCCCCC. The summed E-state index contributed by atoms with van der Waals surface area (Å²) in [6.45, 7) is 5.62. The number of aliphatic hydroxyl groups excluding tert-OH is 5. The summed E-state index contributed by atoms with van der Waals surface area (Å²) in [5.41, 5.74) is 0. The van der Waals surface area contributed by atoms with Crippen molar-refractivity contribution in [3.63, 3.8) is 0 Å². The van der Waals surface area contributed by atoms with E-state index < -0.39 is 67.4 Å². The maximum Gasteiger partial charge on any atom is 0.306 e. The first kappa shape index (κ1) is 73.6. The second kappa shape index (κ2) is 55.1. The average molecular weight is 1110 g/mol. The predicted molar refractivity (Wildman–Crippen MR) is 329 cm³/mol. The predicted octanol–water partition coefficient (Wildman–Crippen LogP) is 15.5. The molecule has 1 aliphatic rings. The van der Waals surface area contributed by atoms with Crippen LogP contribution in [0.4, 0.5) is 0 Å². The van der Waals surface area contributed by atoms with E-state index in [9.17, 15) is 35.1 Å². The summed E-state index contributed by atoms with van der Waals surface area (Å²) in [5.74, 6) is -1.27. The number of nitrogens with one attached hydrogen (secondary N) is 1. The lowest BCUT2D eigenvalue weighted by molar-refractivity contribution is -0.305. The molecule has 0 radical (unpaired) electrons. The number of amides is 1. The van der Waals surface area contributed by atoms with Gasteiger partial charge in [0.15, 0.2) is 12.4 Å². The van der Waals surface area contributed by atoms with Gasteiger partial charge in [-0.3, -0.25) is 9.59 Å². The van der Waals surface area contributed by atoms with Gasteiger partial charge in [0.1, 0.15) is 24.4 Å². The molecule has 11 nitrogen and oxygen atoms in total. The largest absolute Gasteiger partial charge is 0.454 e. The molecule has 0 saturated carbocycles. The Morgan fingerprint density at radius 2 is 0.911 bits per heavy atom. The third-order valence-electron chi connectivity index (χ3n) is 14.5. The summed E-state index contributed by atoms with van der Waals surface area (Å²) in [4.78, 5) is 26.5. The van der Waals surface area contributed by atoms with E-state index in [4.69, 9.17) is 14.2 Å². The molecule has 0 spiro atoms. The highest BCUT2D eigenvalue weighted by Gasteiger charge is 2.47. The molecule has 1 aliphatic heterocycles. The lowest BCUT2D eigenvalue weighted by atomic mass is 9.99. The molecule has 454 valence electrons. The molecule has 1 amide bonds. The molecular formula is C68H117NO10. The Kier molecular flexibility index (Phi) is 51.4. The Morgan fingerprint density at radius 1 is 0.506 bits per heavy atom. The summed E-state index contributed by atoms with van der Waals surface area (Å²) < 4.78 is 17.5. The van der Waals surface area contributed by atoms with Gasteiger partial charge in [0.25, 0.3) is 0 Å². The highest BCUT2D eigenvalue weighted by Crippen LogP contribution is 2.26. The van der Waals surface area contributed by atoms with Crippen molar-refractivity contribution >= 4 is 11.9 Å². The standard InChI is InChI=1S/C68H117NO10/c1-4-7-10-13-16-19-22-24-25-26-27-28-29-30-31-32-33-34-35-36-38-40-43-46-49-52-55-61(72)67(76)69-59(60(71)54-51-48-45-42-39-21-18-15-12-9-6-3)58-77-68-66(65(75)64(74)62(57-70)78-68)79-63(73)56-53-50-47-44-41-37-23-20-17-14-11-8-5-2/h7,10,16,19,24-25,27-28,30-31,37,41,47,50-51,54,59-62,64-66,68,70-72,74-75H,4-6,8-9,11-15,17-18,20-23,26,29,32-36,38-40,42-46,48-49,52-53,55-58H2,1-3H3,(H,69,76)/b10-7-,19-16-,25-24-,28-27-,31-30-,41-37-,50-47+,54-51+. The van der Waals surface area contributed by atoms with Gasteiger partial charge in [0.05, 0.1) is 25.4 Å². The third-order valence-corrected chi connectivity index (χ3v) is 14.5. The number of rotatable bonds is 53. The maximum atomic E-state index is 13.4. The maximum absolute atomic E-state index is 13.4. The molecule has 1 rings (SSSR count). The van der Waals surface area contributed by atoms with E-state index in [2.05, 4.69) is 99.0 Å². The topological polar surface area (TPSA) is 175 Å². The summed E-state index contributed by atoms with van der Waals surface area (Å²) in [5, 5.41) is 56.9. The van der Waals surface area contributed by atoms with Gasteiger partial charge in [-0.05, 0) is 89.9 Å². The second-order valence-corrected chi connectivity index (χ2v) is 21.8. The van der Waals surface area contributed by atoms with Gasteiger partial charge in [-0.1, -0.05) is 259 Å². The van der Waals surface area contributed by atoms with Crippen LogP contribution in [0.2, 0.25) is 0 Å². The van der Waals surface area contributed by atoms with Crippen LogP contribution in [0.1, 0.15) is 258 Å². The van der Waals surface area contributed by atoms with E-state index in [0.29, 0.717) is 12.8 Å². The molecule has 0 aromatic heterocycles. The third kappa shape index (κ3) is 43.0. The van der Waals surface area contributed by atoms with Crippen LogP contribution < -0.4 is 5.32 Å². The van der Waals surface area contributed by atoms with Crippen molar-refractivity contribution in [2.45, 2.75) is 307 Å². The molecule has 0 bridgehead atoms. The van der Waals surface area contributed by atoms with Crippen LogP contribution in [-0.2, 0) is 23.8 Å². The fourth-order valence-corrected chi connectivity index (χ4v) is 9.44. The number of carbonyl (C=O) groups excluding carboxylic acids is 2. The van der Waals surface area contributed by atoms with Gasteiger partial charge in [-0.15, -0.1) is 0 Å². The van der Waals surface area contributed by atoms with Crippen molar-refractivity contribution in [3.8, 4) is 0 Å². The van der Waals surface area contributed by atoms with Crippen LogP contribution in [-0.4, -0.2) is 99.6 Å². The molecule has 0 aromatic carbocycles. The van der Waals surface area contributed by atoms with E-state index in [1.807, 2.05) is 18.2 Å². The van der Waals surface area contributed by atoms with Crippen LogP contribution in [0.15, 0.2) is 97.2 Å². The Morgan fingerprint density at radius 3 is 1.37 bits per heavy atom. The summed E-state index contributed by atoms with van der Waals surface area (Å²) in [7, 11) is 0. The number of ether oxygens (including phenoxy) is 3. The Balaban J connectivity index is 2.61. The fraction of sp³-hybridized carbons (Fsp3) is 0.735. The van der Waals surface area contributed by atoms with Crippen molar-refractivity contribution in [1.29, 1.82) is 0 Å². The number of unbranched alkanes of at least 4 members (excludes halogenated alkanes) is 25. The normalized spacial score (nSPS) is 19.5. The van der Waals surface area contributed by atoms with Crippen LogP contribution in [0, 0.1) is 0 Å². The summed E-state index contributed by atoms with van der Waals surface area (Å²) in [6, 6.07) is -1.04. The molecule has 1 saturated heterocycles. The quantitative estimate of drug-likeness (QED) is 0.0195. The van der Waals surface area contributed by atoms with E-state index >= 15 is 0 Å². The lowest BCUT2D eigenvalue weighted by Gasteiger charge is -2.41. The number of carbonyl (C=O) groups is 2. The number of hydrogen-bond donors (Lipinski definition) is 6. The number of hydrogen-bond acceptors (Lipinski definition) is 10. The van der Waals surface area contributed by atoms with Crippen molar-refractivity contribution in [3.05, 3.63) is 97.2 Å². The zero-order valence-electron chi connectivity index (χ0n) is 50.2. The minimum atomic E-state index is -1.64. The first-order chi connectivity index (χ1) is 38.7. The van der Waals surface area contributed by atoms with Gasteiger partial charge in [0, 0.05) is 6.42 Å². The molecule has 8 unspecified atom stereocenters. The first-order valence-corrected chi connectivity index (χ1v) is 32.0. The zero-order valence-corrected chi connectivity index (χ0v) is 50.2. The number of aliphatic hydroxyl groups is 5. The molecule has 0 aromatic rings. The van der Waals surface area contributed by atoms with Gasteiger partial charge in [-0.2, -0.15) is 0 Å². The van der Waals surface area contributed by atoms with Crippen molar-refractivity contribution in [2.24, 2.45) is 0 Å². The zero-order chi connectivity index (χ0) is 57.5. The lowest BCUT2D eigenvalue weighted by Crippen LogP contribution is -2.61. The van der Waals surface area contributed by atoms with Crippen LogP contribution in [0.5, 0.6) is 0 Å². The van der Waals surface area contributed by atoms with Crippen LogP contribution in [0.3, 0.4) is 0 Å². The highest BCUT2D eigenvalue weighted by atomic mass is 16.7. The Hall–Kier alpha value is -3.42. The van der Waals surface area contributed by atoms with E-state index in [-0.39, 0.29) is 19.4 Å². The second-order valence-electron chi connectivity index (χ2n) is 21.8. The molecule has 1 fully saturated rings. The molecule has 8 atom stereocenters. The van der Waals surface area contributed by atoms with Gasteiger partial charge in [-0.25, -0.2) is 0 Å². The van der Waals surface area contributed by atoms with Crippen molar-refractivity contribution in [1.82, 2.24) is 5.32 Å². The van der Waals surface area contributed by atoms with Crippen molar-refractivity contribution in [2.75, 3.05) is 13.2 Å². The molecule has 1 heterocycles. The summed E-state index contributed by atoms with van der Waals surface area (Å²) >= 11 is 0. The van der Waals surface area contributed by atoms with E-state index in [1.165, 1.54) is 116 Å². The van der Waals surface area contributed by atoms with E-state index in [1.54, 1.807) is 6.08 Å². The smallest absolute Gasteiger partial charge is 0.306 e.